The first-order valence-corrected chi connectivity index (χ1v) is 8.28. The lowest BCUT2D eigenvalue weighted by Gasteiger charge is -2.27. The maximum Gasteiger partial charge on any atom is 0.409 e. The SMILES string of the molecule is CN(CC1Cc2ccccc2O1)C(=O)NCCN1CCCOC1=O. The van der Waals surface area contributed by atoms with Gasteiger partial charge in [-0.25, -0.2) is 9.59 Å². The van der Waals surface area contributed by atoms with E-state index in [9.17, 15) is 9.59 Å². The Morgan fingerprint density at radius 3 is 3.04 bits per heavy atom. The molecule has 0 aromatic heterocycles. The van der Waals surface area contributed by atoms with Crippen molar-refractivity contribution in [3.05, 3.63) is 29.8 Å². The van der Waals surface area contributed by atoms with Crippen LogP contribution < -0.4 is 10.1 Å². The van der Waals surface area contributed by atoms with E-state index in [1.807, 2.05) is 24.3 Å². The van der Waals surface area contributed by atoms with E-state index in [4.69, 9.17) is 9.47 Å². The topological polar surface area (TPSA) is 71.1 Å². The number of hydrogen-bond donors (Lipinski definition) is 1. The van der Waals surface area contributed by atoms with Gasteiger partial charge in [-0.3, -0.25) is 0 Å². The van der Waals surface area contributed by atoms with Crippen LogP contribution in [0.5, 0.6) is 5.75 Å². The number of nitrogens with zero attached hydrogens (tertiary/aromatic N) is 2. The van der Waals surface area contributed by atoms with Crippen molar-refractivity contribution in [2.75, 3.05) is 39.8 Å². The van der Waals surface area contributed by atoms with Gasteiger partial charge in [0.05, 0.1) is 13.2 Å². The molecule has 1 N–H and O–H groups in total. The molecule has 1 saturated heterocycles. The number of carbonyl (C=O) groups excluding carboxylic acids is 2. The highest BCUT2D eigenvalue weighted by molar-refractivity contribution is 5.74. The highest BCUT2D eigenvalue weighted by Crippen LogP contribution is 2.28. The second kappa shape index (κ2) is 7.42. The van der Waals surface area contributed by atoms with Crippen LogP contribution in [0.2, 0.25) is 0 Å². The summed E-state index contributed by atoms with van der Waals surface area (Å²) >= 11 is 0. The zero-order valence-corrected chi connectivity index (χ0v) is 13.9. The van der Waals surface area contributed by atoms with Crippen molar-refractivity contribution < 1.29 is 19.1 Å². The van der Waals surface area contributed by atoms with Crippen molar-refractivity contribution in [3.8, 4) is 5.75 Å². The number of benzene rings is 1. The number of nitrogens with one attached hydrogen (secondary N) is 1. The number of likely N-dealkylation sites (N-methyl/N-ethyl adjacent to an activating group) is 1. The molecule has 2 aliphatic heterocycles. The van der Waals surface area contributed by atoms with Gasteiger partial charge in [-0.05, 0) is 18.1 Å². The largest absolute Gasteiger partial charge is 0.488 e. The first kappa shape index (κ1) is 16.4. The number of para-hydroxylation sites is 1. The Kier molecular flexibility index (Phi) is 5.08. The minimum absolute atomic E-state index is 0.0183. The van der Waals surface area contributed by atoms with Crippen LogP contribution >= 0.6 is 0 Å². The van der Waals surface area contributed by atoms with Crippen LogP contribution in [0.1, 0.15) is 12.0 Å². The van der Waals surface area contributed by atoms with Crippen LogP contribution in [0.3, 0.4) is 0 Å². The summed E-state index contributed by atoms with van der Waals surface area (Å²) < 4.78 is 10.8. The number of rotatable bonds is 5. The molecule has 1 aromatic rings. The van der Waals surface area contributed by atoms with E-state index in [0.29, 0.717) is 32.8 Å². The van der Waals surface area contributed by atoms with Crippen molar-refractivity contribution in [1.82, 2.24) is 15.1 Å². The number of carbonyl (C=O) groups is 2. The quantitative estimate of drug-likeness (QED) is 0.886. The molecule has 0 spiro atoms. The molecule has 7 nitrogen and oxygen atoms in total. The van der Waals surface area contributed by atoms with E-state index in [2.05, 4.69) is 5.32 Å². The van der Waals surface area contributed by atoms with E-state index in [1.54, 1.807) is 16.8 Å². The van der Waals surface area contributed by atoms with Gasteiger partial charge in [0.25, 0.3) is 0 Å². The third kappa shape index (κ3) is 3.90. The minimum Gasteiger partial charge on any atom is -0.488 e. The maximum atomic E-state index is 12.2. The molecule has 3 amide bonds. The van der Waals surface area contributed by atoms with Crippen LogP contribution in [-0.2, 0) is 11.2 Å². The standard InChI is InChI=1S/C17H23N3O4/c1-19(12-14-11-13-5-2-3-6-15(13)24-14)16(21)18-7-9-20-8-4-10-23-17(20)22/h2-3,5-6,14H,4,7-12H2,1H3,(H,18,21). The molecule has 2 heterocycles. The summed E-state index contributed by atoms with van der Waals surface area (Å²) in [6.07, 6.45) is 1.32. The highest BCUT2D eigenvalue weighted by Gasteiger charge is 2.25. The smallest absolute Gasteiger partial charge is 0.409 e. The van der Waals surface area contributed by atoms with Crippen molar-refractivity contribution in [3.63, 3.8) is 0 Å². The first-order chi connectivity index (χ1) is 11.6. The molecule has 24 heavy (non-hydrogen) atoms. The lowest BCUT2D eigenvalue weighted by atomic mass is 10.1. The number of fused-ring (bicyclic) bond motifs is 1. The monoisotopic (exact) mass is 333 g/mol. The van der Waals surface area contributed by atoms with Gasteiger partial charge < -0.3 is 24.6 Å². The summed E-state index contributed by atoms with van der Waals surface area (Å²) in [4.78, 5) is 26.9. The van der Waals surface area contributed by atoms with Gasteiger partial charge in [-0.1, -0.05) is 18.2 Å². The summed E-state index contributed by atoms with van der Waals surface area (Å²) in [5.41, 5.74) is 1.18. The second-order valence-corrected chi connectivity index (χ2v) is 6.12. The van der Waals surface area contributed by atoms with Gasteiger partial charge >= 0.3 is 12.1 Å². The van der Waals surface area contributed by atoms with Crippen LogP contribution in [0, 0.1) is 0 Å². The van der Waals surface area contributed by atoms with Crippen LogP contribution in [0.15, 0.2) is 24.3 Å². The van der Waals surface area contributed by atoms with Gasteiger partial charge in [0.15, 0.2) is 0 Å². The van der Waals surface area contributed by atoms with Gasteiger partial charge in [-0.2, -0.15) is 0 Å². The highest BCUT2D eigenvalue weighted by atomic mass is 16.6. The normalized spacial score (nSPS) is 19.3. The van der Waals surface area contributed by atoms with E-state index in [-0.39, 0.29) is 18.2 Å². The van der Waals surface area contributed by atoms with Gasteiger partial charge in [-0.15, -0.1) is 0 Å². The maximum absolute atomic E-state index is 12.2. The molecular formula is C17H23N3O4. The molecular weight excluding hydrogens is 310 g/mol. The fourth-order valence-corrected chi connectivity index (χ4v) is 2.98. The zero-order valence-electron chi connectivity index (χ0n) is 13.9. The molecule has 1 fully saturated rings. The average Bonchev–Trinajstić information content (AvgIpc) is 2.98. The Balaban J connectivity index is 1.38. The molecule has 1 unspecified atom stereocenters. The van der Waals surface area contributed by atoms with Crippen molar-refractivity contribution in [2.24, 2.45) is 0 Å². The number of amides is 3. The Hall–Kier alpha value is -2.44. The summed E-state index contributed by atoms with van der Waals surface area (Å²) in [5, 5.41) is 2.83. The first-order valence-electron chi connectivity index (χ1n) is 8.28. The Bertz CT molecular complexity index is 582. The summed E-state index contributed by atoms with van der Waals surface area (Å²) in [7, 11) is 1.75. The van der Waals surface area contributed by atoms with Crippen LogP contribution in [0.4, 0.5) is 9.59 Å². The van der Waals surface area contributed by atoms with Gasteiger partial charge in [0.1, 0.15) is 11.9 Å². The van der Waals surface area contributed by atoms with Crippen LogP contribution in [0.25, 0.3) is 0 Å². The second-order valence-electron chi connectivity index (χ2n) is 6.12. The Labute approximate surface area is 141 Å². The molecule has 0 aliphatic carbocycles. The zero-order chi connectivity index (χ0) is 16.9. The van der Waals surface area contributed by atoms with E-state index in [1.165, 1.54) is 5.56 Å². The predicted molar refractivity (Wildman–Crippen MR) is 88.1 cm³/mol. The molecule has 1 aromatic carbocycles. The molecule has 3 rings (SSSR count). The third-order valence-corrected chi connectivity index (χ3v) is 4.25. The number of hydrogen-bond acceptors (Lipinski definition) is 4. The number of urea groups is 1. The molecule has 130 valence electrons. The van der Waals surface area contributed by atoms with Crippen molar-refractivity contribution in [2.45, 2.75) is 18.9 Å². The third-order valence-electron chi connectivity index (χ3n) is 4.25. The lowest BCUT2D eigenvalue weighted by Crippen LogP contribution is -2.46. The van der Waals surface area contributed by atoms with Gasteiger partial charge in [0.2, 0.25) is 0 Å². The van der Waals surface area contributed by atoms with E-state index < -0.39 is 0 Å². The Morgan fingerprint density at radius 1 is 1.42 bits per heavy atom. The number of ether oxygens (including phenoxy) is 2. The average molecular weight is 333 g/mol. The lowest BCUT2D eigenvalue weighted by molar-refractivity contribution is 0.0733. The predicted octanol–water partition coefficient (Wildman–Crippen LogP) is 1.47. The van der Waals surface area contributed by atoms with Gasteiger partial charge in [0, 0.05) is 33.1 Å². The summed E-state index contributed by atoms with van der Waals surface area (Å²) in [5.74, 6) is 0.903. The van der Waals surface area contributed by atoms with E-state index >= 15 is 0 Å². The van der Waals surface area contributed by atoms with Crippen molar-refractivity contribution in [1.29, 1.82) is 0 Å². The van der Waals surface area contributed by atoms with Crippen LogP contribution in [-0.4, -0.2) is 67.9 Å². The molecule has 0 radical (unpaired) electrons. The molecule has 0 bridgehead atoms. The molecule has 2 aliphatic rings. The molecule has 1 atom stereocenters. The molecule has 0 saturated carbocycles. The summed E-state index contributed by atoms with van der Waals surface area (Å²) in [6, 6.07) is 7.77. The molecule has 7 heteroatoms. The minimum atomic E-state index is -0.305. The Morgan fingerprint density at radius 2 is 2.25 bits per heavy atom. The van der Waals surface area contributed by atoms with E-state index in [0.717, 1.165) is 18.6 Å². The summed E-state index contributed by atoms with van der Waals surface area (Å²) in [6.45, 7) is 2.55. The fourth-order valence-electron chi connectivity index (χ4n) is 2.98. The van der Waals surface area contributed by atoms with Crippen molar-refractivity contribution >= 4 is 12.1 Å². The fraction of sp³-hybridized carbons (Fsp3) is 0.529. The number of cyclic esters (lactones) is 1.